The summed E-state index contributed by atoms with van der Waals surface area (Å²) in [6, 6.07) is 8.91. The summed E-state index contributed by atoms with van der Waals surface area (Å²) in [4.78, 5) is 4.59. The van der Waals surface area contributed by atoms with Gasteiger partial charge < -0.3 is 11.1 Å². The summed E-state index contributed by atoms with van der Waals surface area (Å²) in [6.07, 6.45) is 4.83. The molecule has 1 saturated carbocycles. The average molecular weight is 247 g/mol. The fourth-order valence-electron chi connectivity index (χ4n) is 2.43. The number of hydrogen-bond donors (Lipinski definition) is 2. The van der Waals surface area contributed by atoms with E-state index in [0.29, 0.717) is 6.04 Å². The van der Waals surface area contributed by atoms with Gasteiger partial charge in [0, 0.05) is 12.1 Å². The second-order valence-electron chi connectivity index (χ2n) is 4.69. The van der Waals surface area contributed by atoms with E-state index in [-0.39, 0.29) is 6.04 Å². The highest BCUT2D eigenvalue weighted by Gasteiger charge is 2.22. The molecule has 3 nitrogen and oxygen atoms in total. The fourth-order valence-corrected chi connectivity index (χ4v) is 3.36. The Kier molecular flexibility index (Phi) is 2.99. The summed E-state index contributed by atoms with van der Waals surface area (Å²) in [5, 5.41) is 4.51. The van der Waals surface area contributed by atoms with Crippen molar-refractivity contribution in [3.8, 4) is 0 Å². The maximum atomic E-state index is 6.14. The first-order valence-corrected chi connectivity index (χ1v) is 7.02. The molecular weight excluding hydrogens is 230 g/mol. The number of fused-ring (bicyclic) bond motifs is 1. The van der Waals surface area contributed by atoms with Crippen LogP contribution < -0.4 is 11.1 Å². The van der Waals surface area contributed by atoms with Crippen LogP contribution in [0.25, 0.3) is 10.2 Å². The van der Waals surface area contributed by atoms with E-state index in [1.54, 1.807) is 11.3 Å². The van der Waals surface area contributed by atoms with Crippen molar-refractivity contribution in [3.05, 3.63) is 24.3 Å². The van der Waals surface area contributed by atoms with Gasteiger partial charge in [-0.25, -0.2) is 4.98 Å². The lowest BCUT2D eigenvalue weighted by molar-refractivity contribution is 0.404. The Morgan fingerprint density at radius 3 is 2.88 bits per heavy atom. The van der Waals surface area contributed by atoms with Crippen LogP contribution in [0, 0.1) is 0 Å². The largest absolute Gasteiger partial charge is 0.357 e. The summed E-state index contributed by atoms with van der Waals surface area (Å²) in [5.41, 5.74) is 7.21. The van der Waals surface area contributed by atoms with Gasteiger partial charge in [-0.1, -0.05) is 36.3 Å². The van der Waals surface area contributed by atoms with E-state index >= 15 is 0 Å². The van der Waals surface area contributed by atoms with Crippen LogP contribution in [0.15, 0.2) is 24.3 Å². The average Bonchev–Trinajstić information content (AvgIpc) is 2.74. The molecule has 1 aromatic carbocycles. The SMILES string of the molecule is N[C@H]1CCCC[C@H]1Nc1nc2ccccc2s1. The van der Waals surface area contributed by atoms with Crippen molar-refractivity contribution < 1.29 is 0 Å². The molecule has 0 aliphatic heterocycles. The third kappa shape index (κ3) is 2.28. The summed E-state index contributed by atoms with van der Waals surface area (Å²) in [7, 11) is 0. The van der Waals surface area contributed by atoms with Crippen LogP contribution in [0.1, 0.15) is 25.7 Å². The van der Waals surface area contributed by atoms with Crippen LogP contribution in [0.3, 0.4) is 0 Å². The molecule has 4 heteroatoms. The second kappa shape index (κ2) is 4.63. The van der Waals surface area contributed by atoms with E-state index < -0.39 is 0 Å². The maximum Gasteiger partial charge on any atom is 0.184 e. The Labute approximate surface area is 105 Å². The fraction of sp³-hybridized carbons (Fsp3) is 0.462. The Morgan fingerprint density at radius 1 is 1.24 bits per heavy atom. The molecule has 1 heterocycles. The van der Waals surface area contributed by atoms with E-state index in [0.717, 1.165) is 23.5 Å². The molecule has 1 fully saturated rings. The molecule has 90 valence electrons. The number of hydrogen-bond acceptors (Lipinski definition) is 4. The lowest BCUT2D eigenvalue weighted by Gasteiger charge is -2.28. The number of anilines is 1. The van der Waals surface area contributed by atoms with Crippen molar-refractivity contribution in [1.29, 1.82) is 0 Å². The van der Waals surface area contributed by atoms with Crippen LogP contribution in [0.5, 0.6) is 0 Å². The Hall–Kier alpha value is -1.13. The van der Waals surface area contributed by atoms with Crippen molar-refractivity contribution in [3.63, 3.8) is 0 Å². The third-order valence-electron chi connectivity index (χ3n) is 3.42. The first-order chi connectivity index (χ1) is 8.33. The molecule has 1 aromatic heterocycles. The molecule has 1 aliphatic carbocycles. The highest BCUT2D eigenvalue weighted by atomic mass is 32.1. The highest BCUT2D eigenvalue weighted by molar-refractivity contribution is 7.22. The van der Waals surface area contributed by atoms with E-state index in [1.807, 2.05) is 6.07 Å². The quantitative estimate of drug-likeness (QED) is 0.857. The van der Waals surface area contributed by atoms with Gasteiger partial charge in [0.05, 0.1) is 10.2 Å². The molecule has 0 bridgehead atoms. The van der Waals surface area contributed by atoms with Gasteiger partial charge in [-0.05, 0) is 25.0 Å². The summed E-state index contributed by atoms with van der Waals surface area (Å²) < 4.78 is 1.24. The molecule has 0 spiro atoms. The van der Waals surface area contributed by atoms with Crippen LogP contribution in [0.2, 0.25) is 0 Å². The number of aromatic nitrogens is 1. The van der Waals surface area contributed by atoms with Gasteiger partial charge >= 0.3 is 0 Å². The second-order valence-corrected chi connectivity index (χ2v) is 5.72. The van der Waals surface area contributed by atoms with E-state index in [2.05, 4.69) is 28.5 Å². The number of benzene rings is 1. The molecule has 2 aromatic rings. The van der Waals surface area contributed by atoms with Gasteiger partial charge in [0.25, 0.3) is 0 Å². The van der Waals surface area contributed by atoms with Crippen LogP contribution in [0.4, 0.5) is 5.13 Å². The minimum atomic E-state index is 0.274. The molecule has 3 N–H and O–H groups in total. The lowest BCUT2D eigenvalue weighted by atomic mass is 9.91. The van der Waals surface area contributed by atoms with E-state index in [9.17, 15) is 0 Å². The van der Waals surface area contributed by atoms with Crippen LogP contribution in [-0.4, -0.2) is 17.1 Å². The number of rotatable bonds is 2. The number of para-hydroxylation sites is 1. The molecule has 17 heavy (non-hydrogen) atoms. The monoisotopic (exact) mass is 247 g/mol. The van der Waals surface area contributed by atoms with Crippen molar-refractivity contribution in [1.82, 2.24) is 4.98 Å². The maximum absolute atomic E-state index is 6.14. The van der Waals surface area contributed by atoms with Gasteiger partial charge in [0.1, 0.15) is 0 Å². The summed E-state index contributed by atoms with van der Waals surface area (Å²) in [5.74, 6) is 0. The molecule has 0 saturated heterocycles. The lowest BCUT2D eigenvalue weighted by Crippen LogP contribution is -2.42. The Balaban J connectivity index is 1.79. The van der Waals surface area contributed by atoms with Gasteiger partial charge in [-0.15, -0.1) is 0 Å². The number of thiazole rings is 1. The molecule has 3 rings (SSSR count). The number of nitrogens with one attached hydrogen (secondary N) is 1. The third-order valence-corrected chi connectivity index (χ3v) is 4.39. The van der Waals surface area contributed by atoms with Gasteiger partial charge in [0.15, 0.2) is 5.13 Å². The van der Waals surface area contributed by atoms with Crippen molar-refractivity contribution in [2.24, 2.45) is 5.73 Å². The standard InChI is InChI=1S/C13H17N3S/c14-9-5-1-2-6-10(9)15-13-16-11-7-3-4-8-12(11)17-13/h3-4,7-10H,1-2,5-6,14H2,(H,15,16)/t9-,10+/m0/s1. The Morgan fingerprint density at radius 2 is 2.06 bits per heavy atom. The first-order valence-electron chi connectivity index (χ1n) is 6.20. The van der Waals surface area contributed by atoms with Crippen molar-refractivity contribution in [2.75, 3.05) is 5.32 Å². The molecule has 2 atom stereocenters. The van der Waals surface area contributed by atoms with Gasteiger partial charge in [0.2, 0.25) is 0 Å². The van der Waals surface area contributed by atoms with Crippen LogP contribution in [-0.2, 0) is 0 Å². The zero-order chi connectivity index (χ0) is 11.7. The Bertz CT molecular complexity index is 475. The minimum Gasteiger partial charge on any atom is -0.357 e. The van der Waals surface area contributed by atoms with Crippen LogP contribution >= 0.6 is 11.3 Å². The zero-order valence-corrected chi connectivity index (χ0v) is 10.5. The molecule has 1 aliphatic rings. The predicted molar refractivity (Wildman–Crippen MR) is 73.5 cm³/mol. The predicted octanol–water partition coefficient (Wildman–Crippen LogP) is 2.98. The summed E-state index contributed by atoms with van der Waals surface area (Å²) in [6.45, 7) is 0. The normalized spacial score (nSPS) is 25.0. The molecule has 0 unspecified atom stereocenters. The number of nitrogens with two attached hydrogens (primary N) is 1. The first kappa shape index (κ1) is 11.0. The molecule has 0 radical (unpaired) electrons. The molecular formula is C13H17N3S. The highest BCUT2D eigenvalue weighted by Crippen LogP contribution is 2.28. The molecule has 0 amide bonds. The van der Waals surface area contributed by atoms with E-state index in [1.165, 1.54) is 17.5 Å². The number of nitrogens with zero attached hydrogens (tertiary/aromatic N) is 1. The van der Waals surface area contributed by atoms with Crippen molar-refractivity contribution in [2.45, 2.75) is 37.8 Å². The van der Waals surface area contributed by atoms with Crippen molar-refractivity contribution >= 4 is 26.7 Å². The zero-order valence-electron chi connectivity index (χ0n) is 9.73. The summed E-state index contributed by atoms with van der Waals surface area (Å²) >= 11 is 1.72. The smallest absolute Gasteiger partial charge is 0.184 e. The minimum absolute atomic E-state index is 0.274. The van der Waals surface area contributed by atoms with Gasteiger partial charge in [-0.3, -0.25) is 0 Å². The van der Waals surface area contributed by atoms with Gasteiger partial charge in [-0.2, -0.15) is 0 Å². The van der Waals surface area contributed by atoms with E-state index in [4.69, 9.17) is 5.73 Å². The topological polar surface area (TPSA) is 50.9 Å².